The number of nitrogens with two attached hydrogens (primary N) is 1. The minimum atomic E-state index is -0.228. The maximum Gasteiger partial charge on any atom is 0.231 e. The van der Waals surface area contributed by atoms with Gasteiger partial charge in [-0.3, -0.25) is 14.6 Å². The van der Waals surface area contributed by atoms with Crippen molar-refractivity contribution in [3.8, 4) is 0 Å². The Morgan fingerprint density at radius 2 is 1.81 bits per heavy atom. The van der Waals surface area contributed by atoms with Crippen LogP contribution >= 0.6 is 0 Å². The predicted octanol–water partition coefficient (Wildman–Crippen LogP) is 1.83. The van der Waals surface area contributed by atoms with Crippen molar-refractivity contribution >= 4 is 5.91 Å². The minimum Gasteiger partial charge on any atom is -0.377 e. The van der Waals surface area contributed by atoms with Gasteiger partial charge >= 0.3 is 0 Å². The smallest absolute Gasteiger partial charge is 0.231 e. The number of carbonyl (C=O) groups is 1. The van der Waals surface area contributed by atoms with Gasteiger partial charge in [0.25, 0.3) is 0 Å². The molecule has 2 saturated heterocycles. The molecule has 5 nitrogen and oxygen atoms in total. The molecule has 2 heterocycles. The average molecular weight is 372 g/mol. The number of carbonyl (C=O) groups excluding carboxylic acids is 1. The molecule has 4 rings (SSSR count). The molecule has 0 saturated carbocycles. The van der Waals surface area contributed by atoms with E-state index in [4.69, 9.17) is 10.5 Å². The van der Waals surface area contributed by atoms with Gasteiger partial charge in [0, 0.05) is 25.7 Å². The first kappa shape index (κ1) is 18.9. The third-order valence-electron chi connectivity index (χ3n) is 6.58. The van der Waals surface area contributed by atoms with E-state index in [-0.39, 0.29) is 12.0 Å². The molecule has 0 unspecified atom stereocenters. The first-order chi connectivity index (χ1) is 13.2. The Bertz CT molecular complexity index is 611. The summed E-state index contributed by atoms with van der Waals surface area (Å²) in [6.07, 6.45) is 7.36. The van der Waals surface area contributed by atoms with Crippen LogP contribution in [0, 0.1) is 5.92 Å². The third-order valence-corrected chi connectivity index (χ3v) is 6.58. The summed E-state index contributed by atoms with van der Waals surface area (Å²) in [6.45, 7) is 5.39. The van der Waals surface area contributed by atoms with Gasteiger partial charge < -0.3 is 10.5 Å². The predicted molar refractivity (Wildman–Crippen MR) is 107 cm³/mol. The second kappa shape index (κ2) is 8.72. The first-order valence-electron chi connectivity index (χ1n) is 10.6. The van der Waals surface area contributed by atoms with Crippen LogP contribution < -0.4 is 5.73 Å². The number of piperidine rings is 1. The lowest BCUT2D eigenvalue weighted by molar-refractivity contribution is -0.119. The molecule has 0 radical (unpaired) electrons. The Kier molecular flexibility index (Phi) is 6.11. The van der Waals surface area contributed by atoms with Crippen molar-refractivity contribution in [1.29, 1.82) is 0 Å². The van der Waals surface area contributed by atoms with Crippen LogP contribution in [-0.2, 0) is 22.4 Å². The summed E-state index contributed by atoms with van der Waals surface area (Å²) in [5, 5.41) is 0. The highest BCUT2D eigenvalue weighted by atomic mass is 16.5. The van der Waals surface area contributed by atoms with Gasteiger partial charge in [0.1, 0.15) is 0 Å². The lowest BCUT2D eigenvalue weighted by Gasteiger charge is -2.38. The maximum atomic E-state index is 11.5. The van der Waals surface area contributed by atoms with Crippen molar-refractivity contribution < 1.29 is 9.53 Å². The fourth-order valence-corrected chi connectivity index (χ4v) is 5.16. The molecule has 2 aliphatic heterocycles. The van der Waals surface area contributed by atoms with Crippen LogP contribution in [0.4, 0.5) is 0 Å². The molecule has 0 aromatic heterocycles. The van der Waals surface area contributed by atoms with Crippen LogP contribution in [-0.4, -0.2) is 67.2 Å². The highest BCUT2D eigenvalue weighted by molar-refractivity contribution is 5.75. The normalized spacial score (nSPS) is 24.6. The summed E-state index contributed by atoms with van der Waals surface area (Å²) >= 11 is 0. The summed E-state index contributed by atoms with van der Waals surface area (Å²) in [7, 11) is 0. The van der Waals surface area contributed by atoms with Gasteiger partial charge in [-0.15, -0.1) is 0 Å². The highest BCUT2D eigenvalue weighted by Gasteiger charge is 2.31. The number of rotatable bonds is 7. The van der Waals surface area contributed by atoms with Gasteiger partial charge in [-0.2, -0.15) is 0 Å². The maximum absolute atomic E-state index is 11.5. The number of hydrogen-bond donors (Lipinski definition) is 1. The van der Waals surface area contributed by atoms with Gasteiger partial charge in [-0.05, 0) is 68.7 Å². The summed E-state index contributed by atoms with van der Waals surface area (Å²) < 4.78 is 5.77. The molecule has 5 heteroatoms. The molecule has 1 atom stereocenters. The van der Waals surface area contributed by atoms with E-state index in [9.17, 15) is 4.79 Å². The molecule has 1 aromatic rings. The van der Waals surface area contributed by atoms with E-state index in [1.165, 1.54) is 49.9 Å². The number of fused-ring (bicyclic) bond motifs is 1. The van der Waals surface area contributed by atoms with Gasteiger partial charge in [0.2, 0.25) is 5.91 Å². The zero-order valence-electron chi connectivity index (χ0n) is 16.3. The Labute approximate surface area is 162 Å². The van der Waals surface area contributed by atoms with Crippen LogP contribution in [0.2, 0.25) is 0 Å². The van der Waals surface area contributed by atoms with Crippen molar-refractivity contribution in [3.63, 3.8) is 0 Å². The number of hydrogen-bond acceptors (Lipinski definition) is 4. The lowest BCUT2D eigenvalue weighted by Crippen LogP contribution is -2.46. The lowest BCUT2D eigenvalue weighted by atomic mass is 9.94. The number of ether oxygens (including phenoxy) is 1. The Morgan fingerprint density at radius 1 is 1.11 bits per heavy atom. The average Bonchev–Trinajstić information content (AvgIpc) is 3.31. The van der Waals surface area contributed by atoms with E-state index in [0.717, 1.165) is 32.5 Å². The summed E-state index contributed by atoms with van der Waals surface area (Å²) in [6, 6.07) is 9.57. The number of likely N-dealkylation sites (tertiary alicyclic amines) is 1. The first-order valence-corrected chi connectivity index (χ1v) is 10.6. The Hall–Kier alpha value is -1.43. The molecular formula is C22H33N3O2. The summed E-state index contributed by atoms with van der Waals surface area (Å²) in [5.41, 5.74) is 8.56. The van der Waals surface area contributed by atoms with Crippen molar-refractivity contribution in [2.24, 2.45) is 11.7 Å². The molecule has 1 aliphatic carbocycles. The summed E-state index contributed by atoms with van der Waals surface area (Å²) in [4.78, 5) is 16.4. The molecule has 1 aromatic carbocycles. The van der Waals surface area contributed by atoms with Crippen molar-refractivity contribution in [1.82, 2.24) is 9.80 Å². The zero-order valence-corrected chi connectivity index (χ0v) is 16.3. The van der Waals surface area contributed by atoms with Crippen molar-refractivity contribution in [2.75, 3.05) is 39.3 Å². The second-order valence-electron chi connectivity index (χ2n) is 8.61. The fraction of sp³-hybridized carbons (Fsp3) is 0.682. The Morgan fingerprint density at radius 3 is 2.41 bits per heavy atom. The van der Waals surface area contributed by atoms with Crippen LogP contribution in [0.25, 0.3) is 0 Å². The van der Waals surface area contributed by atoms with E-state index in [2.05, 4.69) is 34.1 Å². The molecule has 27 heavy (non-hydrogen) atoms. The van der Waals surface area contributed by atoms with E-state index < -0.39 is 0 Å². The van der Waals surface area contributed by atoms with Crippen LogP contribution in [0.3, 0.4) is 0 Å². The fourth-order valence-electron chi connectivity index (χ4n) is 5.16. The molecule has 0 spiro atoms. The van der Waals surface area contributed by atoms with Gasteiger partial charge in [-0.25, -0.2) is 0 Å². The van der Waals surface area contributed by atoms with Crippen molar-refractivity contribution in [3.05, 3.63) is 35.4 Å². The molecule has 0 bridgehead atoms. The standard InChI is InChI=1S/C22H33N3O2/c23-22(26)16-24(15-21-6-3-11-27-21)14-17-7-9-25(10-8-17)20-12-18-4-1-2-5-19(18)13-20/h1-2,4-5,17,20-21H,3,6-16H2,(H2,23,26)/t21-/m0/s1. The number of amides is 1. The molecule has 2 fully saturated rings. The molecule has 3 aliphatic rings. The monoisotopic (exact) mass is 371 g/mol. The topological polar surface area (TPSA) is 58.8 Å². The number of benzene rings is 1. The molecular weight excluding hydrogens is 338 g/mol. The van der Waals surface area contributed by atoms with E-state index in [0.29, 0.717) is 18.5 Å². The molecule has 148 valence electrons. The quantitative estimate of drug-likeness (QED) is 0.794. The van der Waals surface area contributed by atoms with Crippen LogP contribution in [0.5, 0.6) is 0 Å². The summed E-state index contributed by atoms with van der Waals surface area (Å²) in [5.74, 6) is 0.430. The van der Waals surface area contributed by atoms with Crippen LogP contribution in [0.1, 0.15) is 36.8 Å². The van der Waals surface area contributed by atoms with Crippen LogP contribution in [0.15, 0.2) is 24.3 Å². The second-order valence-corrected chi connectivity index (χ2v) is 8.61. The van der Waals surface area contributed by atoms with Gasteiger partial charge in [-0.1, -0.05) is 24.3 Å². The zero-order chi connectivity index (χ0) is 18.6. The minimum absolute atomic E-state index is 0.228. The van der Waals surface area contributed by atoms with Gasteiger partial charge in [0.05, 0.1) is 12.6 Å². The third kappa shape index (κ3) is 4.89. The van der Waals surface area contributed by atoms with E-state index in [1.54, 1.807) is 0 Å². The van der Waals surface area contributed by atoms with Gasteiger partial charge in [0.15, 0.2) is 0 Å². The SMILES string of the molecule is NC(=O)CN(CC1CCN(C2Cc3ccccc3C2)CC1)C[C@@H]1CCCO1. The largest absolute Gasteiger partial charge is 0.377 e. The van der Waals surface area contributed by atoms with Crippen molar-refractivity contribution in [2.45, 2.75) is 50.7 Å². The highest BCUT2D eigenvalue weighted by Crippen LogP contribution is 2.29. The molecule has 2 N–H and O–H groups in total. The number of primary amides is 1. The number of nitrogens with zero attached hydrogens (tertiary/aromatic N) is 2. The Balaban J connectivity index is 1.26. The van der Waals surface area contributed by atoms with E-state index >= 15 is 0 Å². The van der Waals surface area contributed by atoms with E-state index in [1.807, 2.05) is 0 Å². The molecule has 1 amide bonds.